The van der Waals surface area contributed by atoms with E-state index in [1.54, 1.807) is 30.1 Å². The average Bonchev–Trinajstić information content (AvgIpc) is 3.32. The highest BCUT2D eigenvalue weighted by atomic mass is 16.5. The van der Waals surface area contributed by atoms with Crippen molar-refractivity contribution >= 4 is 5.91 Å². The van der Waals surface area contributed by atoms with Gasteiger partial charge in [0.2, 0.25) is 0 Å². The van der Waals surface area contributed by atoms with Gasteiger partial charge in [-0.05, 0) is 35.4 Å². The number of fused-ring (bicyclic) bond motifs is 1. The van der Waals surface area contributed by atoms with E-state index < -0.39 is 0 Å². The molecule has 0 fully saturated rings. The maximum atomic E-state index is 12.9. The van der Waals surface area contributed by atoms with Crippen LogP contribution in [0.25, 0.3) is 11.3 Å². The topological polar surface area (TPSA) is 78.5 Å². The van der Waals surface area contributed by atoms with Crippen molar-refractivity contribution < 1.29 is 14.6 Å². The lowest BCUT2D eigenvalue weighted by atomic mass is 9.96. The van der Waals surface area contributed by atoms with Crippen LogP contribution in [0.1, 0.15) is 33.2 Å². The largest absolute Gasteiger partial charge is 0.507 e. The van der Waals surface area contributed by atoms with E-state index in [1.165, 1.54) is 0 Å². The number of amides is 1. The first-order valence-electron chi connectivity index (χ1n) is 10.0. The van der Waals surface area contributed by atoms with E-state index in [4.69, 9.17) is 4.74 Å². The molecule has 0 aliphatic carbocycles. The number of hydrogen-bond donors (Lipinski definition) is 2. The Kier molecular flexibility index (Phi) is 4.67. The van der Waals surface area contributed by atoms with Gasteiger partial charge in [0.25, 0.3) is 5.91 Å². The van der Waals surface area contributed by atoms with Gasteiger partial charge in [0.1, 0.15) is 29.5 Å². The van der Waals surface area contributed by atoms with E-state index >= 15 is 0 Å². The third kappa shape index (κ3) is 3.32. The Hall–Kier alpha value is -4.06. The molecular weight excluding hydrogens is 390 g/mol. The highest BCUT2D eigenvalue weighted by Gasteiger charge is 2.40. The van der Waals surface area contributed by atoms with Crippen molar-refractivity contribution in [3.63, 3.8) is 0 Å². The molecular formula is C25H21N3O3. The lowest BCUT2D eigenvalue weighted by Crippen LogP contribution is -2.24. The first kappa shape index (κ1) is 18.9. The number of para-hydroxylation sites is 1. The SMILES string of the molecule is CN1C(=O)c2[nH]nc(-c3ccccc3O)c2[C@@H]1c1cccc(OCc2ccccc2)c1. The molecule has 154 valence electrons. The number of carbonyl (C=O) groups excluding carboxylic acids is 1. The van der Waals surface area contributed by atoms with Crippen LogP contribution in [0.15, 0.2) is 78.9 Å². The van der Waals surface area contributed by atoms with Gasteiger partial charge < -0.3 is 14.7 Å². The monoisotopic (exact) mass is 411 g/mol. The molecule has 0 saturated carbocycles. The van der Waals surface area contributed by atoms with E-state index in [0.717, 1.165) is 22.4 Å². The Morgan fingerprint density at radius 3 is 2.61 bits per heavy atom. The highest BCUT2D eigenvalue weighted by molar-refractivity contribution is 6.00. The third-order valence-corrected chi connectivity index (χ3v) is 5.58. The van der Waals surface area contributed by atoms with Gasteiger partial charge in [-0.3, -0.25) is 9.89 Å². The van der Waals surface area contributed by atoms with Gasteiger partial charge in [-0.15, -0.1) is 0 Å². The van der Waals surface area contributed by atoms with Crippen molar-refractivity contribution in [3.05, 3.63) is 101 Å². The molecule has 6 nitrogen and oxygen atoms in total. The number of H-pyrrole nitrogens is 1. The summed E-state index contributed by atoms with van der Waals surface area (Å²) in [5.74, 6) is 0.713. The molecule has 4 aromatic rings. The fourth-order valence-electron chi connectivity index (χ4n) is 4.05. The average molecular weight is 411 g/mol. The van der Waals surface area contributed by atoms with Crippen LogP contribution in [0.3, 0.4) is 0 Å². The van der Waals surface area contributed by atoms with Crippen LogP contribution in [-0.2, 0) is 6.61 Å². The molecule has 31 heavy (non-hydrogen) atoms. The Bertz CT molecular complexity index is 1250. The Morgan fingerprint density at radius 1 is 1.03 bits per heavy atom. The molecule has 2 heterocycles. The Morgan fingerprint density at radius 2 is 1.81 bits per heavy atom. The number of phenols is 1. The van der Waals surface area contributed by atoms with Gasteiger partial charge >= 0.3 is 0 Å². The fourth-order valence-corrected chi connectivity index (χ4v) is 4.05. The van der Waals surface area contributed by atoms with Crippen molar-refractivity contribution in [3.8, 4) is 22.8 Å². The standard InChI is InChI=1S/C25H21N3O3/c1-28-24(17-10-7-11-18(14-17)31-15-16-8-3-2-4-9-16)21-22(26-27-23(21)25(28)30)19-12-5-6-13-20(19)29/h2-14,24,29H,15H2,1H3,(H,26,27)/t24-/m0/s1. The van der Waals surface area contributed by atoms with Crippen molar-refractivity contribution in [1.82, 2.24) is 15.1 Å². The summed E-state index contributed by atoms with van der Waals surface area (Å²) in [6, 6.07) is 24.4. The maximum Gasteiger partial charge on any atom is 0.272 e. The lowest BCUT2D eigenvalue weighted by molar-refractivity contribution is 0.0787. The van der Waals surface area contributed by atoms with Crippen molar-refractivity contribution in [2.75, 3.05) is 7.05 Å². The van der Waals surface area contributed by atoms with Gasteiger partial charge in [-0.25, -0.2) is 0 Å². The second kappa shape index (κ2) is 7.65. The molecule has 0 spiro atoms. The lowest BCUT2D eigenvalue weighted by Gasteiger charge is -2.22. The molecule has 1 aliphatic heterocycles. The fraction of sp³-hybridized carbons (Fsp3) is 0.120. The summed E-state index contributed by atoms with van der Waals surface area (Å²) in [6.45, 7) is 0.462. The molecule has 1 atom stereocenters. The van der Waals surface area contributed by atoms with Crippen molar-refractivity contribution in [1.29, 1.82) is 0 Å². The predicted molar refractivity (Wildman–Crippen MR) is 117 cm³/mol. The molecule has 1 aliphatic rings. The van der Waals surface area contributed by atoms with E-state index in [9.17, 15) is 9.90 Å². The molecule has 0 unspecified atom stereocenters. The molecule has 0 bridgehead atoms. The van der Waals surface area contributed by atoms with Crippen molar-refractivity contribution in [2.24, 2.45) is 0 Å². The highest BCUT2D eigenvalue weighted by Crippen LogP contribution is 2.44. The number of rotatable bonds is 5. The molecule has 5 rings (SSSR count). The number of hydrogen-bond acceptors (Lipinski definition) is 4. The van der Waals surface area contributed by atoms with Gasteiger partial charge in [-0.1, -0.05) is 54.6 Å². The second-order valence-corrected chi connectivity index (χ2v) is 7.54. The summed E-state index contributed by atoms with van der Waals surface area (Å²) in [4.78, 5) is 14.5. The molecule has 1 aromatic heterocycles. The Labute approximate surface area is 179 Å². The number of ether oxygens (including phenoxy) is 1. The number of phenolic OH excluding ortho intramolecular Hbond substituents is 1. The summed E-state index contributed by atoms with van der Waals surface area (Å²) in [5, 5.41) is 17.6. The van der Waals surface area contributed by atoms with E-state index in [1.807, 2.05) is 60.7 Å². The third-order valence-electron chi connectivity index (χ3n) is 5.58. The predicted octanol–water partition coefficient (Wildman–Crippen LogP) is 4.54. The zero-order valence-corrected chi connectivity index (χ0v) is 16.9. The number of aromatic amines is 1. The van der Waals surface area contributed by atoms with Crippen LogP contribution in [0.5, 0.6) is 11.5 Å². The summed E-state index contributed by atoms with van der Waals surface area (Å²) in [6.07, 6.45) is 0. The maximum absolute atomic E-state index is 12.9. The molecule has 6 heteroatoms. The van der Waals surface area contributed by atoms with Crippen molar-refractivity contribution in [2.45, 2.75) is 12.6 Å². The minimum atomic E-state index is -0.337. The molecule has 2 N–H and O–H groups in total. The summed E-state index contributed by atoms with van der Waals surface area (Å²) < 4.78 is 5.99. The number of aromatic nitrogens is 2. The quantitative estimate of drug-likeness (QED) is 0.506. The summed E-state index contributed by atoms with van der Waals surface area (Å²) in [7, 11) is 1.77. The number of nitrogens with zero attached hydrogens (tertiary/aromatic N) is 2. The van der Waals surface area contributed by atoms with Gasteiger partial charge in [0, 0.05) is 18.2 Å². The first-order chi connectivity index (χ1) is 15.1. The number of nitrogens with one attached hydrogen (secondary N) is 1. The summed E-state index contributed by atoms with van der Waals surface area (Å²) >= 11 is 0. The van der Waals surface area contributed by atoms with Crippen LogP contribution < -0.4 is 4.74 Å². The number of aromatic hydroxyl groups is 1. The van der Waals surface area contributed by atoms with Crippen LogP contribution in [0, 0.1) is 0 Å². The molecule has 0 saturated heterocycles. The van der Waals surface area contributed by atoms with Crippen LogP contribution in [-0.4, -0.2) is 33.2 Å². The van der Waals surface area contributed by atoms with Gasteiger partial charge in [-0.2, -0.15) is 5.10 Å². The normalized spacial score (nSPS) is 15.2. The number of carbonyl (C=O) groups is 1. The van der Waals surface area contributed by atoms with Crippen LogP contribution in [0.2, 0.25) is 0 Å². The van der Waals surface area contributed by atoms with Gasteiger partial charge in [0.05, 0.1) is 6.04 Å². The summed E-state index contributed by atoms with van der Waals surface area (Å²) in [5.41, 5.74) is 4.37. The Balaban J connectivity index is 1.51. The minimum absolute atomic E-state index is 0.123. The van der Waals surface area contributed by atoms with Crippen LogP contribution in [0.4, 0.5) is 0 Å². The molecule has 3 aromatic carbocycles. The smallest absolute Gasteiger partial charge is 0.272 e. The second-order valence-electron chi connectivity index (χ2n) is 7.54. The molecule has 0 radical (unpaired) electrons. The first-order valence-corrected chi connectivity index (χ1v) is 10.0. The molecule has 1 amide bonds. The number of benzene rings is 3. The van der Waals surface area contributed by atoms with E-state index in [-0.39, 0.29) is 17.7 Å². The van der Waals surface area contributed by atoms with E-state index in [2.05, 4.69) is 10.2 Å². The zero-order chi connectivity index (χ0) is 21.4. The minimum Gasteiger partial charge on any atom is -0.507 e. The van der Waals surface area contributed by atoms with Crippen LogP contribution >= 0.6 is 0 Å². The zero-order valence-electron chi connectivity index (χ0n) is 16.9. The van der Waals surface area contributed by atoms with E-state index in [0.29, 0.717) is 23.6 Å². The van der Waals surface area contributed by atoms with Gasteiger partial charge in [0.15, 0.2) is 0 Å².